The Morgan fingerprint density at radius 3 is 2.35 bits per heavy atom. The molecule has 1 amide bonds. The fourth-order valence-electron chi connectivity index (χ4n) is 2.48. The van der Waals surface area contributed by atoms with Crippen molar-refractivity contribution in [2.75, 3.05) is 26.8 Å². The lowest BCUT2D eigenvalue weighted by Crippen LogP contribution is -2.40. The maximum atomic E-state index is 12.4. The Morgan fingerprint density at radius 1 is 1.25 bits per heavy atom. The highest BCUT2D eigenvalue weighted by Gasteiger charge is 2.20. The monoisotopic (exact) mass is 286 g/mol. The molecule has 2 N–H and O–H groups in total. The topological polar surface area (TPSA) is 55.6 Å². The summed E-state index contributed by atoms with van der Waals surface area (Å²) in [5.41, 5.74) is 5.66. The van der Waals surface area contributed by atoms with Gasteiger partial charge in [0.25, 0.3) is 0 Å². The number of hydrogen-bond donors (Lipinski definition) is 1. The Morgan fingerprint density at radius 2 is 1.90 bits per heavy atom. The minimum atomic E-state index is 0.249. The van der Waals surface area contributed by atoms with Crippen LogP contribution in [-0.4, -0.2) is 43.7 Å². The van der Waals surface area contributed by atoms with E-state index in [0.717, 1.165) is 19.3 Å². The van der Waals surface area contributed by atoms with E-state index < -0.39 is 0 Å². The van der Waals surface area contributed by atoms with Gasteiger partial charge in [0, 0.05) is 26.1 Å². The second-order valence-corrected chi connectivity index (χ2v) is 5.96. The number of ether oxygens (including phenoxy) is 1. The van der Waals surface area contributed by atoms with Crippen molar-refractivity contribution < 1.29 is 9.53 Å². The largest absolute Gasteiger partial charge is 0.383 e. The van der Waals surface area contributed by atoms with Crippen LogP contribution in [-0.2, 0) is 9.53 Å². The van der Waals surface area contributed by atoms with E-state index >= 15 is 0 Å². The number of nitrogens with two attached hydrogens (primary N) is 1. The van der Waals surface area contributed by atoms with E-state index in [0.29, 0.717) is 38.0 Å². The zero-order valence-electron chi connectivity index (χ0n) is 14.0. The second-order valence-electron chi connectivity index (χ2n) is 5.96. The minimum absolute atomic E-state index is 0.249. The van der Waals surface area contributed by atoms with Gasteiger partial charge in [0.05, 0.1) is 6.61 Å². The molecular weight excluding hydrogens is 252 g/mol. The molecule has 0 aliphatic rings. The first-order valence-corrected chi connectivity index (χ1v) is 7.96. The average molecular weight is 286 g/mol. The Hall–Kier alpha value is -0.610. The minimum Gasteiger partial charge on any atom is -0.383 e. The third-order valence-corrected chi connectivity index (χ3v) is 4.19. The van der Waals surface area contributed by atoms with Crippen LogP contribution in [0.15, 0.2) is 0 Å². The standard InChI is InChI=1S/C16H34N2O2/c1-6-14(4)18(11-12-20-5)16(19)8-7-15(9-10-17)13(2)3/h13-15H,6-12,17H2,1-5H3. The summed E-state index contributed by atoms with van der Waals surface area (Å²) in [4.78, 5) is 14.4. The van der Waals surface area contributed by atoms with E-state index in [4.69, 9.17) is 10.5 Å². The maximum Gasteiger partial charge on any atom is 0.222 e. The van der Waals surface area contributed by atoms with Gasteiger partial charge in [-0.1, -0.05) is 20.8 Å². The van der Waals surface area contributed by atoms with Crippen molar-refractivity contribution in [3.05, 3.63) is 0 Å². The molecule has 0 spiro atoms. The SMILES string of the molecule is CCC(C)N(CCOC)C(=O)CCC(CCN)C(C)C. The van der Waals surface area contributed by atoms with Crippen LogP contribution in [0.2, 0.25) is 0 Å². The van der Waals surface area contributed by atoms with Gasteiger partial charge in [-0.15, -0.1) is 0 Å². The number of carbonyl (C=O) groups is 1. The summed E-state index contributed by atoms with van der Waals surface area (Å²) in [5, 5.41) is 0. The molecule has 4 heteroatoms. The van der Waals surface area contributed by atoms with Crippen LogP contribution in [0.3, 0.4) is 0 Å². The van der Waals surface area contributed by atoms with Gasteiger partial charge >= 0.3 is 0 Å². The summed E-state index contributed by atoms with van der Waals surface area (Å²) in [5.74, 6) is 1.38. The predicted molar refractivity (Wildman–Crippen MR) is 84.6 cm³/mol. The van der Waals surface area contributed by atoms with Gasteiger partial charge in [0.15, 0.2) is 0 Å². The number of hydrogen-bond acceptors (Lipinski definition) is 3. The third kappa shape index (κ3) is 7.25. The van der Waals surface area contributed by atoms with Crippen molar-refractivity contribution in [2.24, 2.45) is 17.6 Å². The summed E-state index contributed by atoms with van der Waals surface area (Å²) in [6.45, 7) is 10.6. The molecule has 0 saturated heterocycles. The van der Waals surface area contributed by atoms with Crippen LogP contribution in [0.25, 0.3) is 0 Å². The maximum absolute atomic E-state index is 12.4. The number of rotatable bonds is 11. The van der Waals surface area contributed by atoms with Crippen molar-refractivity contribution in [3.8, 4) is 0 Å². The van der Waals surface area contributed by atoms with Gasteiger partial charge in [-0.25, -0.2) is 0 Å². The van der Waals surface area contributed by atoms with Crippen molar-refractivity contribution in [1.82, 2.24) is 4.90 Å². The molecule has 20 heavy (non-hydrogen) atoms. The molecule has 0 fully saturated rings. The summed E-state index contributed by atoms with van der Waals surface area (Å²) in [7, 11) is 1.68. The highest BCUT2D eigenvalue weighted by atomic mass is 16.5. The molecular formula is C16H34N2O2. The first-order valence-electron chi connectivity index (χ1n) is 7.96. The van der Waals surface area contributed by atoms with Crippen LogP contribution in [0.5, 0.6) is 0 Å². The van der Waals surface area contributed by atoms with Crippen molar-refractivity contribution in [1.29, 1.82) is 0 Å². The molecule has 0 rings (SSSR count). The number of methoxy groups -OCH3 is 1. The van der Waals surface area contributed by atoms with E-state index in [1.807, 2.05) is 4.90 Å². The molecule has 0 aromatic heterocycles. The van der Waals surface area contributed by atoms with Gasteiger partial charge in [0.1, 0.15) is 0 Å². The smallest absolute Gasteiger partial charge is 0.222 e. The molecule has 0 aliphatic heterocycles. The molecule has 120 valence electrons. The highest BCUT2D eigenvalue weighted by Crippen LogP contribution is 2.21. The van der Waals surface area contributed by atoms with Gasteiger partial charge in [-0.2, -0.15) is 0 Å². The molecule has 2 atom stereocenters. The Balaban J connectivity index is 4.42. The zero-order chi connectivity index (χ0) is 15.5. The average Bonchev–Trinajstić information content (AvgIpc) is 2.42. The summed E-state index contributed by atoms with van der Waals surface area (Å²) < 4.78 is 5.11. The van der Waals surface area contributed by atoms with Crippen LogP contribution in [0.4, 0.5) is 0 Å². The molecule has 0 heterocycles. The zero-order valence-corrected chi connectivity index (χ0v) is 14.0. The second kappa shape index (κ2) is 11.1. The molecule has 0 aromatic carbocycles. The molecule has 0 bridgehead atoms. The van der Waals surface area contributed by atoms with E-state index in [2.05, 4.69) is 27.7 Å². The molecule has 0 saturated carbocycles. The molecule has 0 radical (unpaired) electrons. The summed E-state index contributed by atoms with van der Waals surface area (Å²) >= 11 is 0. The van der Waals surface area contributed by atoms with Gasteiger partial charge in [-0.3, -0.25) is 4.79 Å². The Bertz CT molecular complexity index is 257. The predicted octanol–water partition coefficient (Wildman–Crippen LogP) is 2.66. The molecule has 2 unspecified atom stereocenters. The molecule has 0 aromatic rings. The van der Waals surface area contributed by atoms with Crippen LogP contribution < -0.4 is 5.73 Å². The van der Waals surface area contributed by atoms with Crippen LogP contribution in [0, 0.1) is 11.8 Å². The van der Waals surface area contributed by atoms with Gasteiger partial charge in [-0.05, 0) is 44.6 Å². The lowest BCUT2D eigenvalue weighted by Gasteiger charge is -2.29. The van der Waals surface area contributed by atoms with E-state index in [1.54, 1.807) is 7.11 Å². The number of carbonyl (C=O) groups excluding carboxylic acids is 1. The van der Waals surface area contributed by atoms with E-state index in [9.17, 15) is 4.79 Å². The van der Waals surface area contributed by atoms with Crippen molar-refractivity contribution in [3.63, 3.8) is 0 Å². The lowest BCUT2D eigenvalue weighted by molar-refractivity contribution is -0.134. The summed E-state index contributed by atoms with van der Waals surface area (Å²) in [6, 6.07) is 0.282. The molecule has 0 aliphatic carbocycles. The highest BCUT2D eigenvalue weighted by molar-refractivity contribution is 5.76. The summed E-state index contributed by atoms with van der Waals surface area (Å²) in [6.07, 6.45) is 3.54. The first-order chi connectivity index (χ1) is 9.47. The number of nitrogens with zero attached hydrogens (tertiary/aromatic N) is 1. The Labute approximate surface area is 125 Å². The third-order valence-electron chi connectivity index (χ3n) is 4.19. The van der Waals surface area contributed by atoms with Crippen molar-refractivity contribution >= 4 is 5.91 Å². The van der Waals surface area contributed by atoms with Crippen LogP contribution >= 0.6 is 0 Å². The Kier molecular flexibility index (Phi) is 10.8. The van der Waals surface area contributed by atoms with Gasteiger partial charge in [0.2, 0.25) is 5.91 Å². The normalized spacial score (nSPS) is 14.3. The first kappa shape index (κ1) is 19.4. The molecule has 4 nitrogen and oxygen atoms in total. The fraction of sp³-hybridized carbons (Fsp3) is 0.938. The van der Waals surface area contributed by atoms with E-state index in [1.165, 1.54) is 0 Å². The quantitative estimate of drug-likeness (QED) is 0.635. The van der Waals surface area contributed by atoms with Gasteiger partial charge < -0.3 is 15.4 Å². The lowest BCUT2D eigenvalue weighted by atomic mass is 9.88. The van der Waals surface area contributed by atoms with Crippen LogP contribution in [0.1, 0.15) is 53.4 Å². The fourth-order valence-corrected chi connectivity index (χ4v) is 2.48. The van der Waals surface area contributed by atoms with Crippen molar-refractivity contribution in [2.45, 2.75) is 59.4 Å². The van der Waals surface area contributed by atoms with E-state index in [-0.39, 0.29) is 11.9 Å². The number of amides is 1.